The molecule has 4 rings (SSSR count). The first-order valence-electron chi connectivity index (χ1n) is 5.35. The van der Waals surface area contributed by atoms with Crippen molar-refractivity contribution in [3.63, 3.8) is 0 Å². The molecule has 0 fully saturated rings. The second-order valence-electron chi connectivity index (χ2n) is 3.56. The second-order valence-corrected chi connectivity index (χ2v) is 3.56. The normalized spacial score (nSPS) is 9.68. The second kappa shape index (κ2) is 6.24. The Hall–Kier alpha value is -2.02. The Labute approximate surface area is 124 Å². The minimum absolute atomic E-state index is 0. The molecule has 0 saturated carbocycles. The number of nitrogens with zero attached hydrogens (tertiary/aromatic N) is 6. The summed E-state index contributed by atoms with van der Waals surface area (Å²) in [5.41, 5.74) is 3.44. The van der Waals surface area contributed by atoms with Crippen LogP contribution >= 0.6 is 0 Å². The van der Waals surface area contributed by atoms with E-state index in [0.29, 0.717) is 0 Å². The smallest absolute Gasteiger partial charge is 0.350 e. The van der Waals surface area contributed by atoms with Gasteiger partial charge in [-0.05, 0) is 22.1 Å². The number of rotatable bonds is 0. The molecule has 0 atom stereocenters. The molecule has 0 amide bonds. The Morgan fingerprint density at radius 1 is 0.632 bits per heavy atom. The minimum atomic E-state index is 0. The van der Waals surface area contributed by atoms with E-state index < -0.39 is 0 Å². The first-order chi connectivity index (χ1) is 8.93. The number of aromatic nitrogens is 6. The Morgan fingerprint density at radius 3 is 1.47 bits per heavy atom. The quantitative estimate of drug-likeness (QED) is 0.388. The molecule has 0 spiro atoms. The predicted octanol–water partition coefficient (Wildman–Crippen LogP) is 1.17. The number of hydrogen-bond acceptors (Lipinski definition) is 4. The van der Waals surface area contributed by atoms with Gasteiger partial charge in [0.1, 0.15) is 0 Å². The topological polar surface area (TPSA) is 79.8 Å². The zero-order valence-electron chi connectivity index (χ0n) is 9.60. The molecule has 0 saturated heterocycles. The molecule has 6 nitrogen and oxygen atoms in total. The van der Waals surface area contributed by atoms with Gasteiger partial charge in [-0.2, -0.15) is 0 Å². The summed E-state index contributed by atoms with van der Waals surface area (Å²) in [5, 5.41) is 22.0. The van der Waals surface area contributed by atoms with E-state index in [0.717, 1.165) is 22.1 Å². The number of benzene rings is 2. The van der Waals surface area contributed by atoms with Gasteiger partial charge in [-0.1, -0.05) is 48.5 Å². The van der Waals surface area contributed by atoms with Crippen LogP contribution in [0.5, 0.6) is 0 Å². The Morgan fingerprint density at radius 2 is 1.05 bits per heavy atom. The summed E-state index contributed by atoms with van der Waals surface area (Å²) in [6, 6.07) is 15.2. The first kappa shape index (κ1) is 13.4. The molecule has 19 heavy (non-hydrogen) atoms. The van der Waals surface area contributed by atoms with E-state index in [2.05, 4.69) is 30.8 Å². The molecule has 0 aliphatic heterocycles. The van der Waals surface area contributed by atoms with Crippen LogP contribution in [0.4, 0.5) is 0 Å². The van der Waals surface area contributed by atoms with Crippen LogP contribution in [0.15, 0.2) is 48.5 Å². The average Bonchev–Trinajstić information content (AvgIpc) is 3.08. The van der Waals surface area contributed by atoms with Crippen molar-refractivity contribution in [2.24, 2.45) is 0 Å². The fourth-order valence-electron chi connectivity index (χ4n) is 1.50. The molecule has 0 N–H and O–H groups in total. The van der Waals surface area contributed by atoms with Gasteiger partial charge in [0.05, 0.1) is 0 Å². The molecule has 96 valence electrons. The largest absolute Gasteiger partial charge is 3.00 e. The monoisotopic (exact) mass is 433 g/mol. The molecule has 4 aromatic rings. The third-order valence-electron chi connectivity index (χ3n) is 2.37. The predicted molar refractivity (Wildman–Crippen MR) is 65.7 cm³/mol. The van der Waals surface area contributed by atoms with Gasteiger partial charge in [0.15, 0.2) is 0 Å². The van der Waals surface area contributed by atoms with E-state index >= 15 is 0 Å². The van der Waals surface area contributed by atoms with Crippen molar-refractivity contribution < 1.29 is 22.4 Å². The van der Waals surface area contributed by atoms with E-state index in [1.807, 2.05) is 48.5 Å². The fourth-order valence-corrected chi connectivity index (χ4v) is 1.50. The van der Waals surface area contributed by atoms with Crippen LogP contribution in [0.3, 0.4) is 0 Å². The van der Waals surface area contributed by atoms with Gasteiger partial charge in [0, 0.05) is 0 Å². The van der Waals surface area contributed by atoms with Crippen molar-refractivity contribution in [3.05, 3.63) is 48.5 Å². The van der Waals surface area contributed by atoms with E-state index in [1.165, 1.54) is 0 Å². The molecule has 0 bridgehead atoms. The number of fused-ring (bicyclic) bond motifs is 2. The van der Waals surface area contributed by atoms with Crippen LogP contribution in [-0.2, 0) is 22.4 Å². The van der Waals surface area contributed by atoms with Crippen LogP contribution < -0.4 is 10.2 Å². The summed E-state index contributed by atoms with van der Waals surface area (Å²) in [5.74, 6) is 0. The van der Waals surface area contributed by atoms with E-state index in [4.69, 9.17) is 0 Å². The van der Waals surface area contributed by atoms with Gasteiger partial charge in [-0.3, -0.25) is 10.4 Å². The molecule has 2 heterocycles. The number of hydrogen-bond donors (Lipinski definition) is 0. The Balaban J connectivity index is 0.000000133. The van der Waals surface area contributed by atoms with Gasteiger partial charge >= 0.3 is 22.4 Å². The molecule has 2 aromatic carbocycles. The summed E-state index contributed by atoms with van der Waals surface area (Å²) in [4.78, 5) is 0. The van der Waals surface area contributed by atoms with Gasteiger partial charge in [0.2, 0.25) is 0 Å². The summed E-state index contributed by atoms with van der Waals surface area (Å²) in [6.07, 6.45) is 0. The summed E-state index contributed by atoms with van der Waals surface area (Å²) >= 11 is 0. The standard InChI is InChI=1S/2C6H4N3.Au/c2*1-2-4-6-5(3-1)7-9-8-6;/h2*1-4H;/q2*-1;+3. The van der Waals surface area contributed by atoms with Crippen LogP contribution in [0, 0.1) is 0 Å². The maximum atomic E-state index is 3.76. The summed E-state index contributed by atoms with van der Waals surface area (Å²) in [6.45, 7) is 0. The van der Waals surface area contributed by atoms with E-state index in [1.54, 1.807) is 0 Å². The van der Waals surface area contributed by atoms with E-state index in [9.17, 15) is 0 Å². The van der Waals surface area contributed by atoms with Crippen LogP contribution in [0.2, 0.25) is 0 Å². The van der Waals surface area contributed by atoms with Crippen LogP contribution in [0.1, 0.15) is 0 Å². The first-order valence-corrected chi connectivity index (χ1v) is 5.35. The van der Waals surface area contributed by atoms with Gasteiger partial charge in [-0.25, -0.2) is 0 Å². The van der Waals surface area contributed by atoms with Gasteiger partial charge in [0.25, 0.3) is 0 Å². The van der Waals surface area contributed by atoms with Gasteiger partial charge in [-0.15, -0.1) is 0 Å². The van der Waals surface area contributed by atoms with Crippen molar-refractivity contribution in [1.82, 2.24) is 30.8 Å². The van der Waals surface area contributed by atoms with Crippen molar-refractivity contribution in [3.8, 4) is 0 Å². The summed E-state index contributed by atoms with van der Waals surface area (Å²) in [7, 11) is 0. The Kier molecular flexibility index (Phi) is 4.40. The molecule has 0 radical (unpaired) electrons. The zero-order valence-corrected chi connectivity index (χ0v) is 11.8. The minimum Gasteiger partial charge on any atom is -0.350 e. The fraction of sp³-hybridized carbons (Fsp3) is 0. The van der Waals surface area contributed by atoms with Crippen molar-refractivity contribution in [1.29, 1.82) is 0 Å². The maximum absolute atomic E-state index is 3.76. The third kappa shape index (κ3) is 3.05. The average molecular weight is 433 g/mol. The van der Waals surface area contributed by atoms with Crippen molar-refractivity contribution >= 4 is 22.1 Å². The molecule has 0 aliphatic rings. The van der Waals surface area contributed by atoms with Crippen LogP contribution in [-0.4, -0.2) is 20.6 Å². The molecule has 0 aliphatic carbocycles. The van der Waals surface area contributed by atoms with E-state index in [-0.39, 0.29) is 22.4 Å². The van der Waals surface area contributed by atoms with Crippen molar-refractivity contribution in [2.45, 2.75) is 0 Å². The Bertz CT molecular complexity index is 636. The summed E-state index contributed by atoms with van der Waals surface area (Å²) < 4.78 is 0. The third-order valence-corrected chi connectivity index (χ3v) is 2.37. The molecular formula is C12H8AuN6+. The molecular weight excluding hydrogens is 425 g/mol. The van der Waals surface area contributed by atoms with Crippen LogP contribution in [0.25, 0.3) is 22.1 Å². The van der Waals surface area contributed by atoms with Gasteiger partial charge < -0.3 is 20.4 Å². The maximum Gasteiger partial charge on any atom is 3.00 e. The molecule has 2 aromatic heterocycles. The zero-order chi connectivity index (χ0) is 12.2. The molecule has 0 unspecified atom stereocenters. The van der Waals surface area contributed by atoms with Crippen molar-refractivity contribution in [2.75, 3.05) is 0 Å². The SMILES string of the molecule is [Au+3].c1ccc2[n-]nnc2c1.c1ccc2[n-]nnc2c1. The molecule has 7 heteroatoms.